The Bertz CT molecular complexity index is 707. The summed E-state index contributed by atoms with van der Waals surface area (Å²) in [5, 5.41) is 14.3. The first-order chi connectivity index (χ1) is 12.5. The number of nitrogens with one attached hydrogen (secondary N) is 1. The lowest BCUT2D eigenvalue weighted by Crippen LogP contribution is -2.39. The quantitative estimate of drug-likeness (QED) is 0.763. The number of hydrogen-bond donors (Lipinski definition) is 2. The molecule has 2 N–H and O–H groups in total. The van der Waals surface area contributed by atoms with Gasteiger partial charge in [0.15, 0.2) is 0 Å². The van der Waals surface area contributed by atoms with Crippen molar-refractivity contribution >= 4 is 17.7 Å². The molecular weight excluding hydrogens is 342 g/mol. The summed E-state index contributed by atoms with van der Waals surface area (Å²) in [6, 6.07) is 18.0. The number of amides is 1. The number of benzene rings is 2. The van der Waals surface area contributed by atoms with Crippen LogP contribution in [0.4, 0.5) is 0 Å². The van der Waals surface area contributed by atoms with E-state index in [2.05, 4.69) is 17.4 Å². The van der Waals surface area contributed by atoms with Gasteiger partial charge in [-0.3, -0.25) is 4.79 Å². The smallest absolute Gasteiger partial charge is 0.230 e. The molecule has 1 amide bonds. The molecule has 0 unspecified atom stereocenters. The third kappa shape index (κ3) is 5.12. The van der Waals surface area contributed by atoms with Crippen molar-refractivity contribution in [2.45, 2.75) is 43.5 Å². The van der Waals surface area contributed by atoms with Gasteiger partial charge in [0.2, 0.25) is 5.91 Å². The molecule has 3 rings (SSSR count). The van der Waals surface area contributed by atoms with Crippen molar-refractivity contribution in [2.24, 2.45) is 0 Å². The van der Waals surface area contributed by atoms with Crippen LogP contribution in [0.3, 0.4) is 0 Å². The summed E-state index contributed by atoms with van der Waals surface area (Å²) >= 11 is 1.74. The Morgan fingerprint density at radius 3 is 2.35 bits per heavy atom. The fourth-order valence-corrected chi connectivity index (χ4v) is 4.48. The maximum absolute atomic E-state index is 12.1. The van der Waals surface area contributed by atoms with Gasteiger partial charge in [0.1, 0.15) is 5.60 Å². The van der Waals surface area contributed by atoms with E-state index in [9.17, 15) is 9.90 Å². The second-order valence-corrected chi connectivity index (χ2v) is 8.50. The van der Waals surface area contributed by atoms with Gasteiger partial charge >= 0.3 is 0 Å². The molecule has 0 bridgehead atoms. The van der Waals surface area contributed by atoms with Crippen LogP contribution in [0.15, 0.2) is 54.6 Å². The molecule has 3 nitrogen and oxygen atoms in total. The molecule has 0 spiro atoms. The normalized spacial score (nSPS) is 17.0. The van der Waals surface area contributed by atoms with Gasteiger partial charge in [0.25, 0.3) is 0 Å². The van der Waals surface area contributed by atoms with E-state index in [4.69, 9.17) is 0 Å². The van der Waals surface area contributed by atoms with E-state index in [0.29, 0.717) is 11.0 Å². The summed E-state index contributed by atoms with van der Waals surface area (Å²) in [5.41, 5.74) is 1.99. The summed E-state index contributed by atoms with van der Waals surface area (Å²) in [6.45, 7) is 1.97. The van der Waals surface area contributed by atoms with E-state index in [1.807, 2.05) is 42.5 Å². The van der Waals surface area contributed by atoms with E-state index >= 15 is 0 Å². The van der Waals surface area contributed by atoms with E-state index in [1.54, 1.807) is 18.7 Å². The van der Waals surface area contributed by atoms with Crippen LogP contribution in [0.5, 0.6) is 0 Å². The largest absolute Gasteiger partial charge is 0.384 e. The summed E-state index contributed by atoms with van der Waals surface area (Å²) in [4.78, 5) is 12.1. The summed E-state index contributed by atoms with van der Waals surface area (Å²) in [5.74, 6) is 0.483. The number of aliphatic hydroxyl groups is 1. The first-order valence-corrected chi connectivity index (χ1v) is 10.4. The Labute approximate surface area is 160 Å². The molecule has 0 aliphatic heterocycles. The van der Waals surface area contributed by atoms with Crippen LogP contribution >= 0.6 is 11.8 Å². The van der Waals surface area contributed by atoms with Gasteiger partial charge < -0.3 is 10.4 Å². The molecule has 1 fully saturated rings. The molecule has 1 atom stereocenters. The molecule has 0 saturated heterocycles. The molecule has 4 heteroatoms. The summed E-state index contributed by atoms with van der Waals surface area (Å²) in [7, 11) is 0. The van der Waals surface area contributed by atoms with Crippen LogP contribution in [0, 0.1) is 0 Å². The van der Waals surface area contributed by atoms with Crippen LogP contribution in [0.1, 0.15) is 38.2 Å². The van der Waals surface area contributed by atoms with Gasteiger partial charge in [-0.15, -0.1) is 11.8 Å². The Morgan fingerprint density at radius 1 is 1.08 bits per heavy atom. The van der Waals surface area contributed by atoms with Crippen molar-refractivity contribution in [3.63, 3.8) is 0 Å². The monoisotopic (exact) mass is 369 g/mol. The molecule has 26 heavy (non-hydrogen) atoms. The van der Waals surface area contributed by atoms with Crippen molar-refractivity contribution in [3.8, 4) is 11.1 Å². The first kappa shape index (κ1) is 19.0. The van der Waals surface area contributed by atoms with Crippen LogP contribution in [-0.4, -0.2) is 28.6 Å². The average Bonchev–Trinajstić information content (AvgIpc) is 3.19. The maximum atomic E-state index is 12.1. The van der Waals surface area contributed by atoms with Crippen LogP contribution in [0.25, 0.3) is 11.1 Å². The Kier molecular flexibility index (Phi) is 6.38. The Balaban J connectivity index is 1.53. The maximum Gasteiger partial charge on any atom is 0.230 e. The predicted molar refractivity (Wildman–Crippen MR) is 109 cm³/mol. The summed E-state index contributed by atoms with van der Waals surface area (Å²) < 4.78 is 0. The molecule has 0 radical (unpaired) electrons. The zero-order chi connectivity index (χ0) is 18.4. The standard InChI is InChI=1S/C22H27NO2S/c1-22(25,16-23-21(24)15-26-20-9-5-6-10-20)19-13-11-18(12-14-19)17-7-3-2-4-8-17/h2-4,7-8,11-14,20,25H,5-6,9-10,15-16H2,1H3,(H,23,24)/t22-/m0/s1. The topological polar surface area (TPSA) is 49.3 Å². The van der Waals surface area contributed by atoms with Crippen LogP contribution < -0.4 is 5.32 Å². The number of carbonyl (C=O) groups excluding carboxylic acids is 1. The minimum absolute atomic E-state index is 0.00285. The third-order valence-corrected chi connectivity index (χ3v) is 6.37. The molecule has 1 aliphatic carbocycles. The summed E-state index contributed by atoms with van der Waals surface area (Å²) in [6.07, 6.45) is 5.02. The molecular formula is C22H27NO2S. The lowest BCUT2D eigenvalue weighted by molar-refractivity contribution is -0.119. The number of hydrogen-bond acceptors (Lipinski definition) is 3. The minimum Gasteiger partial charge on any atom is -0.384 e. The number of rotatable bonds is 7. The van der Waals surface area contributed by atoms with Crippen molar-refractivity contribution < 1.29 is 9.90 Å². The second-order valence-electron chi connectivity index (χ2n) is 7.21. The van der Waals surface area contributed by atoms with Crippen LogP contribution in [0.2, 0.25) is 0 Å². The van der Waals surface area contributed by atoms with Gasteiger partial charge in [-0.25, -0.2) is 0 Å². The highest BCUT2D eigenvalue weighted by molar-refractivity contribution is 8.00. The van der Waals surface area contributed by atoms with Gasteiger partial charge in [0, 0.05) is 5.25 Å². The molecule has 2 aromatic rings. The highest BCUT2D eigenvalue weighted by Gasteiger charge is 2.24. The molecule has 0 aromatic heterocycles. The second kappa shape index (κ2) is 8.74. The van der Waals surface area contributed by atoms with Crippen molar-refractivity contribution in [3.05, 3.63) is 60.2 Å². The lowest BCUT2D eigenvalue weighted by Gasteiger charge is -2.24. The van der Waals surface area contributed by atoms with Crippen molar-refractivity contribution in [1.82, 2.24) is 5.32 Å². The molecule has 1 aliphatic rings. The zero-order valence-electron chi connectivity index (χ0n) is 15.3. The first-order valence-electron chi connectivity index (χ1n) is 9.31. The molecule has 138 valence electrons. The van der Waals surface area contributed by atoms with Gasteiger partial charge in [-0.05, 0) is 36.5 Å². The third-order valence-electron chi connectivity index (χ3n) is 5.00. The number of thioether (sulfide) groups is 1. The van der Waals surface area contributed by atoms with Gasteiger partial charge in [0.05, 0.1) is 12.3 Å². The van der Waals surface area contributed by atoms with E-state index in [-0.39, 0.29) is 12.5 Å². The lowest BCUT2D eigenvalue weighted by atomic mass is 9.93. The Morgan fingerprint density at radius 2 is 1.69 bits per heavy atom. The molecule has 1 saturated carbocycles. The van der Waals surface area contributed by atoms with E-state index in [1.165, 1.54) is 25.7 Å². The van der Waals surface area contributed by atoms with Crippen LogP contribution in [-0.2, 0) is 10.4 Å². The fraction of sp³-hybridized carbons (Fsp3) is 0.409. The number of carbonyl (C=O) groups is 1. The Hall–Kier alpha value is -1.78. The molecule has 2 aromatic carbocycles. The predicted octanol–water partition coefficient (Wildman–Crippen LogP) is 4.35. The van der Waals surface area contributed by atoms with Crippen molar-refractivity contribution in [2.75, 3.05) is 12.3 Å². The SMILES string of the molecule is C[C@](O)(CNC(=O)CSC1CCCC1)c1ccc(-c2ccccc2)cc1. The van der Waals surface area contributed by atoms with Crippen molar-refractivity contribution in [1.29, 1.82) is 0 Å². The fourth-order valence-electron chi connectivity index (χ4n) is 3.32. The average molecular weight is 370 g/mol. The van der Waals surface area contributed by atoms with E-state index < -0.39 is 5.60 Å². The van der Waals surface area contributed by atoms with E-state index in [0.717, 1.165) is 16.7 Å². The minimum atomic E-state index is -1.08. The highest BCUT2D eigenvalue weighted by Crippen LogP contribution is 2.29. The van der Waals surface area contributed by atoms with Gasteiger partial charge in [-0.1, -0.05) is 67.4 Å². The van der Waals surface area contributed by atoms with Gasteiger partial charge in [-0.2, -0.15) is 0 Å². The highest BCUT2D eigenvalue weighted by atomic mass is 32.2. The molecule has 0 heterocycles. The zero-order valence-corrected chi connectivity index (χ0v) is 16.1.